The van der Waals surface area contributed by atoms with Gasteiger partial charge >= 0.3 is 0 Å². The third-order valence-corrected chi connectivity index (χ3v) is 3.00. The topological polar surface area (TPSA) is 52.0 Å². The largest absolute Gasteiger partial charge is 0.313 e. The molecule has 0 aromatic rings. The number of hydrogen-bond donors (Lipinski definition) is 2. The Morgan fingerprint density at radius 2 is 1.83 bits per heavy atom. The van der Waals surface area contributed by atoms with Crippen LogP contribution in [0.2, 0.25) is 0 Å². The second-order valence-corrected chi connectivity index (χ2v) is 4.32. The quantitative estimate of drug-likeness (QED) is 0.636. The van der Waals surface area contributed by atoms with Crippen LogP contribution in [0.15, 0.2) is 0 Å². The zero-order valence-corrected chi connectivity index (χ0v) is 8.18. The first-order valence-corrected chi connectivity index (χ1v) is 5.22. The summed E-state index contributed by atoms with van der Waals surface area (Å²) in [5.41, 5.74) is 11.3. The molecule has 1 fully saturated rings. The van der Waals surface area contributed by atoms with Gasteiger partial charge in [-0.15, -0.1) is 0 Å². The summed E-state index contributed by atoms with van der Waals surface area (Å²) in [6.45, 7) is 2.25. The van der Waals surface area contributed by atoms with Gasteiger partial charge in [0.05, 0.1) is 5.66 Å². The van der Waals surface area contributed by atoms with Gasteiger partial charge in [-0.3, -0.25) is 0 Å². The minimum absolute atomic E-state index is 0.345. The van der Waals surface area contributed by atoms with Gasteiger partial charge in [0, 0.05) is 0 Å². The molecule has 0 aromatic heterocycles. The van der Waals surface area contributed by atoms with Crippen LogP contribution in [0.4, 0.5) is 0 Å². The van der Waals surface area contributed by atoms with Gasteiger partial charge in [-0.2, -0.15) is 0 Å². The van der Waals surface area contributed by atoms with Gasteiger partial charge in [-0.1, -0.05) is 26.2 Å². The number of unbranched alkanes of at least 4 members (excludes halogenated alkanes) is 1. The second kappa shape index (κ2) is 4.24. The summed E-state index contributed by atoms with van der Waals surface area (Å²) in [7, 11) is 0. The molecular formula is C10H22N2. The molecule has 0 heterocycles. The Labute approximate surface area is 75.7 Å². The SMILES string of the molecule is CCCCC1CCC(N)(N)CC1. The van der Waals surface area contributed by atoms with Gasteiger partial charge in [-0.05, 0) is 31.6 Å². The molecule has 1 aliphatic rings. The van der Waals surface area contributed by atoms with Crippen molar-refractivity contribution in [3.05, 3.63) is 0 Å². The van der Waals surface area contributed by atoms with Crippen LogP contribution in [-0.2, 0) is 0 Å². The summed E-state index contributed by atoms with van der Waals surface area (Å²) in [6, 6.07) is 0. The van der Waals surface area contributed by atoms with E-state index in [-0.39, 0.29) is 5.66 Å². The fourth-order valence-electron chi connectivity index (χ4n) is 2.00. The van der Waals surface area contributed by atoms with Crippen molar-refractivity contribution in [3.8, 4) is 0 Å². The van der Waals surface area contributed by atoms with Crippen molar-refractivity contribution < 1.29 is 0 Å². The Balaban J connectivity index is 2.18. The molecule has 0 amide bonds. The maximum Gasteiger partial charge on any atom is 0.0636 e. The highest BCUT2D eigenvalue weighted by Crippen LogP contribution is 2.30. The summed E-state index contributed by atoms with van der Waals surface area (Å²) in [6.07, 6.45) is 8.58. The summed E-state index contributed by atoms with van der Waals surface area (Å²) < 4.78 is 0. The average Bonchev–Trinajstić information content (AvgIpc) is 2.03. The second-order valence-electron chi connectivity index (χ2n) is 4.32. The molecule has 2 nitrogen and oxygen atoms in total. The van der Waals surface area contributed by atoms with Crippen molar-refractivity contribution in [2.45, 2.75) is 57.5 Å². The highest BCUT2D eigenvalue weighted by molar-refractivity contribution is 4.84. The maximum atomic E-state index is 5.85. The van der Waals surface area contributed by atoms with E-state index in [0.717, 1.165) is 18.8 Å². The molecular weight excluding hydrogens is 148 g/mol. The first kappa shape index (κ1) is 10.0. The molecule has 0 aromatic carbocycles. The van der Waals surface area contributed by atoms with E-state index >= 15 is 0 Å². The monoisotopic (exact) mass is 170 g/mol. The average molecular weight is 170 g/mol. The predicted molar refractivity (Wildman–Crippen MR) is 52.6 cm³/mol. The van der Waals surface area contributed by atoms with E-state index < -0.39 is 0 Å². The molecule has 0 spiro atoms. The lowest BCUT2D eigenvalue weighted by molar-refractivity contribution is 0.228. The predicted octanol–water partition coefficient (Wildman–Crippen LogP) is 1.98. The summed E-state index contributed by atoms with van der Waals surface area (Å²) in [5.74, 6) is 0.908. The minimum atomic E-state index is -0.345. The van der Waals surface area contributed by atoms with Crippen molar-refractivity contribution in [1.82, 2.24) is 0 Å². The lowest BCUT2D eigenvalue weighted by atomic mass is 9.80. The molecule has 4 N–H and O–H groups in total. The Bertz CT molecular complexity index is 122. The summed E-state index contributed by atoms with van der Waals surface area (Å²) in [4.78, 5) is 0. The molecule has 1 saturated carbocycles. The van der Waals surface area contributed by atoms with Crippen LogP contribution in [0, 0.1) is 5.92 Å². The van der Waals surface area contributed by atoms with Gasteiger partial charge in [0.2, 0.25) is 0 Å². The molecule has 72 valence electrons. The van der Waals surface area contributed by atoms with Gasteiger partial charge in [0.1, 0.15) is 0 Å². The fourth-order valence-corrected chi connectivity index (χ4v) is 2.00. The molecule has 0 unspecified atom stereocenters. The Morgan fingerprint density at radius 3 is 2.33 bits per heavy atom. The van der Waals surface area contributed by atoms with E-state index in [1.54, 1.807) is 0 Å². The van der Waals surface area contributed by atoms with Crippen LogP contribution >= 0.6 is 0 Å². The van der Waals surface area contributed by atoms with Crippen LogP contribution in [0.3, 0.4) is 0 Å². The third kappa shape index (κ3) is 3.11. The van der Waals surface area contributed by atoms with E-state index in [1.165, 1.54) is 32.1 Å². The molecule has 0 atom stereocenters. The highest BCUT2D eigenvalue weighted by Gasteiger charge is 2.27. The zero-order valence-electron chi connectivity index (χ0n) is 8.18. The molecule has 12 heavy (non-hydrogen) atoms. The van der Waals surface area contributed by atoms with Gasteiger partial charge in [-0.25, -0.2) is 0 Å². The van der Waals surface area contributed by atoms with Crippen molar-refractivity contribution >= 4 is 0 Å². The molecule has 1 rings (SSSR count). The number of hydrogen-bond acceptors (Lipinski definition) is 2. The molecule has 2 heteroatoms. The number of nitrogens with two attached hydrogens (primary N) is 2. The van der Waals surface area contributed by atoms with Crippen molar-refractivity contribution in [3.63, 3.8) is 0 Å². The Hall–Kier alpha value is -0.0800. The van der Waals surface area contributed by atoms with E-state index in [9.17, 15) is 0 Å². The standard InChI is InChI=1S/C10H22N2/c1-2-3-4-9-5-7-10(11,12)8-6-9/h9H,2-8,11-12H2,1H3. The molecule has 0 bridgehead atoms. The lowest BCUT2D eigenvalue weighted by Crippen LogP contribution is -2.51. The van der Waals surface area contributed by atoms with Crippen molar-refractivity contribution in [2.75, 3.05) is 0 Å². The van der Waals surface area contributed by atoms with Crippen molar-refractivity contribution in [1.29, 1.82) is 0 Å². The maximum absolute atomic E-state index is 5.85. The smallest absolute Gasteiger partial charge is 0.0636 e. The normalized spacial score (nSPS) is 24.2. The van der Waals surface area contributed by atoms with Gasteiger partial charge in [0.15, 0.2) is 0 Å². The van der Waals surface area contributed by atoms with Gasteiger partial charge in [0.25, 0.3) is 0 Å². The van der Waals surface area contributed by atoms with E-state index in [2.05, 4.69) is 6.92 Å². The van der Waals surface area contributed by atoms with Crippen LogP contribution in [0.1, 0.15) is 51.9 Å². The van der Waals surface area contributed by atoms with E-state index in [1.807, 2.05) is 0 Å². The lowest BCUT2D eigenvalue weighted by Gasteiger charge is -2.33. The summed E-state index contributed by atoms with van der Waals surface area (Å²) >= 11 is 0. The molecule has 1 aliphatic carbocycles. The van der Waals surface area contributed by atoms with Crippen LogP contribution in [0.5, 0.6) is 0 Å². The van der Waals surface area contributed by atoms with Crippen molar-refractivity contribution in [2.24, 2.45) is 17.4 Å². The first-order valence-electron chi connectivity index (χ1n) is 5.22. The number of rotatable bonds is 3. The van der Waals surface area contributed by atoms with Gasteiger partial charge < -0.3 is 11.5 Å². The van der Waals surface area contributed by atoms with E-state index in [4.69, 9.17) is 11.5 Å². The molecule has 0 radical (unpaired) electrons. The minimum Gasteiger partial charge on any atom is -0.313 e. The Kier molecular flexibility index (Phi) is 3.53. The van der Waals surface area contributed by atoms with E-state index in [0.29, 0.717) is 0 Å². The fraction of sp³-hybridized carbons (Fsp3) is 1.00. The third-order valence-electron chi connectivity index (χ3n) is 3.00. The zero-order chi connectivity index (χ0) is 9.03. The molecule has 0 saturated heterocycles. The highest BCUT2D eigenvalue weighted by atomic mass is 15.0. The first-order chi connectivity index (χ1) is 5.64. The van der Waals surface area contributed by atoms with Crippen LogP contribution in [-0.4, -0.2) is 5.66 Å². The molecule has 0 aliphatic heterocycles. The summed E-state index contributed by atoms with van der Waals surface area (Å²) in [5, 5.41) is 0. The Morgan fingerprint density at radius 1 is 1.25 bits per heavy atom. The van der Waals surface area contributed by atoms with Crippen LogP contribution < -0.4 is 11.5 Å². The van der Waals surface area contributed by atoms with Crippen LogP contribution in [0.25, 0.3) is 0 Å².